The predicted octanol–water partition coefficient (Wildman–Crippen LogP) is 8.04. The molecule has 3 atom stereocenters. The van der Waals surface area contributed by atoms with E-state index in [4.69, 9.17) is 5.73 Å². The summed E-state index contributed by atoms with van der Waals surface area (Å²) in [5.74, 6) is -0.281. The second-order valence-electron chi connectivity index (χ2n) is 12.4. The molecular weight excluding hydrogens is 500 g/mol. The minimum Gasteiger partial charge on any atom is -0.392 e. The molecule has 0 aliphatic heterocycles. The smallest absolute Gasteiger partial charge is 0.221 e. The molecule has 6 N–H and O–H groups in total. The van der Waals surface area contributed by atoms with Crippen LogP contribution < -0.4 is 11.1 Å². The SMILES string of the molecule is CCCCCCCCCCCCCCCC(=O)N[C@@](N)(CO)[C@H](O)[C@H](O)CCCCCCCCCCCCCC. The Labute approximate surface area is 248 Å². The van der Waals surface area contributed by atoms with Crippen LogP contribution in [0.25, 0.3) is 0 Å². The van der Waals surface area contributed by atoms with Crippen molar-refractivity contribution in [3.63, 3.8) is 0 Å². The van der Waals surface area contributed by atoms with Crippen molar-refractivity contribution in [3.05, 3.63) is 0 Å². The van der Waals surface area contributed by atoms with Gasteiger partial charge in [0.2, 0.25) is 5.91 Å². The first-order chi connectivity index (χ1) is 19.4. The highest BCUT2D eigenvalue weighted by molar-refractivity contribution is 5.76. The summed E-state index contributed by atoms with van der Waals surface area (Å²) in [6, 6.07) is 0. The molecule has 0 saturated carbocycles. The van der Waals surface area contributed by atoms with Crippen molar-refractivity contribution >= 4 is 5.91 Å². The van der Waals surface area contributed by atoms with E-state index in [0.717, 1.165) is 38.5 Å². The number of aliphatic hydroxyl groups is 3. The summed E-state index contributed by atoms with van der Waals surface area (Å²) in [6.45, 7) is 3.89. The number of nitrogens with one attached hydrogen (secondary N) is 1. The van der Waals surface area contributed by atoms with E-state index in [1.54, 1.807) is 0 Å². The van der Waals surface area contributed by atoms with Gasteiger partial charge in [0.15, 0.2) is 0 Å². The zero-order valence-electron chi connectivity index (χ0n) is 26.8. The molecule has 0 aliphatic carbocycles. The molecule has 0 saturated heterocycles. The molecule has 0 aliphatic rings. The van der Waals surface area contributed by atoms with Gasteiger partial charge in [0, 0.05) is 6.42 Å². The second kappa shape index (κ2) is 28.4. The molecule has 0 bridgehead atoms. The lowest BCUT2D eigenvalue weighted by Gasteiger charge is -2.36. The summed E-state index contributed by atoms with van der Waals surface area (Å²) in [7, 11) is 0. The number of carbonyl (C=O) groups excluding carboxylic acids is 1. The third kappa shape index (κ3) is 22.9. The van der Waals surface area contributed by atoms with E-state index >= 15 is 0 Å². The lowest BCUT2D eigenvalue weighted by molar-refractivity contribution is -0.128. The van der Waals surface area contributed by atoms with Crippen LogP contribution in [0.4, 0.5) is 0 Å². The highest BCUT2D eigenvalue weighted by Gasteiger charge is 2.39. The van der Waals surface area contributed by atoms with Crippen LogP contribution in [0.3, 0.4) is 0 Å². The molecule has 40 heavy (non-hydrogen) atoms. The number of nitrogens with two attached hydrogens (primary N) is 1. The fraction of sp³-hybridized carbons (Fsp3) is 0.971. The zero-order chi connectivity index (χ0) is 29.7. The standard InChI is InChI=1S/C34H70N2O4/c1-3-5-7-9-11-13-15-17-19-21-23-25-27-29-32(39)36-34(35,30-37)33(40)31(38)28-26-24-22-20-18-16-14-12-10-8-6-4-2/h31,33,37-38,40H,3-30,35H2,1-2H3,(H,36,39)/t31-,33-,34+/m1/s1. The van der Waals surface area contributed by atoms with Crippen LogP contribution in [0.2, 0.25) is 0 Å². The molecule has 240 valence electrons. The lowest BCUT2D eigenvalue weighted by atomic mass is 9.95. The number of carbonyl (C=O) groups is 1. The summed E-state index contributed by atoms with van der Waals surface area (Å²) < 4.78 is 0. The first kappa shape index (κ1) is 39.3. The number of aliphatic hydroxyl groups excluding tert-OH is 3. The molecule has 1 amide bonds. The Morgan fingerprint density at radius 1 is 0.600 bits per heavy atom. The number of unbranched alkanes of at least 4 members (excludes halogenated alkanes) is 23. The maximum Gasteiger partial charge on any atom is 0.221 e. The van der Waals surface area contributed by atoms with Gasteiger partial charge < -0.3 is 26.4 Å². The van der Waals surface area contributed by atoms with Gasteiger partial charge in [-0.15, -0.1) is 0 Å². The predicted molar refractivity (Wildman–Crippen MR) is 170 cm³/mol. The molecule has 0 radical (unpaired) electrons. The Bertz CT molecular complexity index is 548. The number of hydrogen-bond acceptors (Lipinski definition) is 5. The van der Waals surface area contributed by atoms with Gasteiger partial charge in [-0.3, -0.25) is 4.79 Å². The van der Waals surface area contributed by atoms with Gasteiger partial charge in [0.05, 0.1) is 12.7 Å². The summed E-state index contributed by atoms with van der Waals surface area (Å²) in [6.07, 6.45) is 29.2. The van der Waals surface area contributed by atoms with Crippen molar-refractivity contribution in [2.24, 2.45) is 5.73 Å². The second-order valence-corrected chi connectivity index (χ2v) is 12.4. The van der Waals surface area contributed by atoms with Gasteiger partial charge in [-0.2, -0.15) is 0 Å². The van der Waals surface area contributed by atoms with Crippen LogP contribution in [-0.4, -0.2) is 45.7 Å². The monoisotopic (exact) mass is 571 g/mol. The van der Waals surface area contributed by atoms with Gasteiger partial charge in [-0.1, -0.05) is 168 Å². The normalized spacial score (nSPS) is 14.7. The Morgan fingerprint density at radius 3 is 1.27 bits per heavy atom. The van der Waals surface area contributed by atoms with Crippen LogP contribution in [0.5, 0.6) is 0 Å². The quantitative estimate of drug-likeness (QED) is 0.0427. The van der Waals surface area contributed by atoms with Crippen molar-refractivity contribution < 1.29 is 20.1 Å². The van der Waals surface area contributed by atoms with E-state index in [0.29, 0.717) is 12.8 Å². The Balaban J connectivity index is 3.85. The first-order valence-electron chi connectivity index (χ1n) is 17.5. The summed E-state index contributed by atoms with van der Waals surface area (Å²) in [5, 5.41) is 33.5. The fourth-order valence-electron chi connectivity index (χ4n) is 5.53. The van der Waals surface area contributed by atoms with Crippen LogP contribution in [0.15, 0.2) is 0 Å². The Hall–Kier alpha value is -0.690. The van der Waals surface area contributed by atoms with E-state index in [9.17, 15) is 20.1 Å². The molecule has 0 fully saturated rings. The summed E-state index contributed by atoms with van der Waals surface area (Å²) in [5.41, 5.74) is 4.41. The fourth-order valence-corrected chi connectivity index (χ4v) is 5.53. The Kier molecular flexibility index (Phi) is 27.9. The Morgan fingerprint density at radius 2 is 0.925 bits per heavy atom. The first-order valence-corrected chi connectivity index (χ1v) is 17.5. The molecule has 0 rings (SSSR count). The van der Waals surface area contributed by atoms with Crippen LogP contribution >= 0.6 is 0 Å². The lowest BCUT2D eigenvalue weighted by Crippen LogP contribution is -2.68. The van der Waals surface area contributed by atoms with E-state index in [1.165, 1.54) is 122 Å². The van der Waals surface area contributed by atoms with E-state index in [1.807, 2.05) is 0 Å². The largest absolute Gasteiger partial charge is 0.392 e. The van der Waals surface area contributed by atoms with E-state index in [-0.39, 0.29) is 5.91 Å². The highest BCUT2D eigenvalue weighted by atomic mass is 16.3. The molecule has 0 aromatic carbocycles. The average molecular weight is 571 g/mol. The van der Waals surface area contributed by atoms with Crippen molar-refractivity contribution in [3.8, 4) is 0 Å². The minimum atomic E-state index is -1.72. The number of rotatable bonds is 31. The zero-order valence-corrected chi connectivity index (χ0v) is 26.8. The third-order valence-electron chi connectivity index (χ3n) is 8.39. The molecule has 0 aromatic rings. The van der Waals surface area contributed by atoms with Gasteiger partial charge in [0.1, 0.15) is 11.8 Å². The third-order valence-corrected chi connectivity index (χ3v) is 8.39. The van der Waals surface area contributed by atoms with Crippen molar-refractivity contribution in [2.45, 2.75) is 205 Å². The van der Waals surface area contributed by atoms with Gasteiger partial charge in [-0.25, -0.2) is 0 Å². The maximum atomic E-state index is 12.4. The molecule has 0 heterocycles. The number of amides is 1. The molecule has 6 nitrogen and oxygen atoms in total. The average Bonchev–Trinajstić information content (AvgIpc) is 2.95. The molecule has 0 aromatic heterocycles. The summed E-state index contributed by atoms with van der Waals surface area (Å²) in [4.78, 5) is 12.4. The van der Waals surface area contributed by atoms with Crippen LogP contribution in [-0.2, 0) is 4.79 Å². The van der Waals surface area contributed by atoms with E-state index in [2.05, 4.69) is 19.2 Å². The molecule has 0 unspecified atom stereocenters. The van der Waals surface area contributed by atoms with Gasteiger partial charge in [0.25, 0.3) is 0 Å². The van der Waals surface area contributed by atoms with Crippen LogP contribution in [0.1, 0.15) is 187 Å². The van der Waals surface area contributed by atoms with Crippen molar-refractivity contribution in [1.29, 1.82) is 0 Å². The van der Waals surface area contributed by atoms with Crippen LogP contribution in [0, 0.1) is 0 Å². The van der Waals surface area contributed by atoms with Crippen molar-refractivity contribution in [2.75, 3.05) is 6.61 Å². The van der Waals surface area contributed by atoms with E-state index < -0.39 is 24.5 Å². The van der Waals surface area contributed by atoms with Gasteiger partial charge in [-0.05, 0) is 12.8 Å². The maximum absolute atomic E-state index is 12.4. The number of hydrogen-bond donors (Lipinski definition) is 5. The molecular formula is C34H70N2O4. The minimum absolute atomic E-state index is 0.281. The molecule has 6 heteroatoms. The summed E-state index contributed by atoms with van der Waals surface area (Å²) >= 11 is 0. The van der Waals surface area contributed by atoms with Gasteiger partial charge >= 0.3 is 0 Å². The molecule has 0 spiro atoms. The highest BCUT2D eigenvalue weighted by Crippen LogP contribution is 2.17. The topological polar surface area (TPSA) is 116 Å². The van der Waals surface area contributed by atoms with Crippen molar-refractivity contribution in [1.82, 2.24) is 5.32 Å².